The Morgan fingerprint density at radius 3 is 2.86 bits per heavy atom. The molecule has 0 saturated carbocycles. The van der Waals surface area contributed by atoms with Gasteiger partial charge in [0.15, 0.2) is 6.61 Å². The van der Waals surface area contributed by atoms with Crippen LogP contribution in [-0.2, 0) is 11.2 Å². The maximum atomic E-state index is 11.3. The summed E-state index contributed by atoms with van der Waals surface area (Å²) in [5, 5.41) is 16.4. The average molecular weight is 313 g/mol. The number of halogens is 1. The van der Waals surface area contributed by atoms with E-state index in [0.717, 1.165) is 31.5 Å². The number of hydrogen-bond acceptors (Lipinski definition) is 4. The van der Waals surface area contributed by atoms with Gasteiger partial charge in [0, 0.05) is 0 Å². The van der Waals surface area contributed by atoms with Crippen LogP contribution in [0.3, 0.4) is 0 Å². The van der Waals surface area contributed by atoms with Gasteiger partial charge in [-0.2, -0.15) is 0 Å². The minimum Gasteiger partial charge on any atom is -0.482 e. The van der Waals surface area contributed by atoms with Crippen LogP contribution in [-0.4, -0.2) is 36.8 Å². The van der Waals surface area contributed by atoms with Crippen molar-refractivity contribution in [2.75, 3.05) is 25.0 Å². The molecule has 21 heavy (non-hydrogen) atoms. The second kappa shape index (κ2) is 7.11. The number of benzene rings is 1. The summed E-state index contributed by atoms with van der Waals surface area (Å²) in [6, 6.07) is 5.72. The van der Waals surface area contributed by atoms with E-state index >= 15 is 0 Å². The largest absolute Gasteiger partial charge is 0.482 e. The van der Waals surface area contributed by atoms with E-state index in [4.69, 9.17) is 4.74 Å². The number of carbonyl (C=O) groups excluding carboxylic acids is 1. The fourth-order valence-electron chi connectivity index (χ4n) is 2.89. The molecule has 2 aliphatic heterocycles. The van der Waals surface area contributed by atoms with E-state index in [1.54, 1.807) is 0 Å². The zero-order valence-corrected chi connectivity index (χ0v) is 12.6. The average Bonchev–Trinajstić information content (AvgIpc) is 2.47. The summed E-state index contributed by atoms with van der Waals surface area (Å²) in [4.78, 5) is 11.3. The number of fused-ring (bicyclic) bond motifs is 1. The molecular weight excluding hydrogens is 292 g/mol. The molecule has 0 spiro atoms. The van der Waals surface area contributed by atoms with Crippen LogP contribution in [0.2, 0.25) is 0 Å². The van der Waals surface area contributed by atoms with Gasteiger partial charge in [-0.3, -0.25) is 4.79 Å². The molecule has 1 aromatic rings. The van der Waals surface area contributed by atoms with Crippen LogP contribution in [0.25, 0.3) is 0 Å². The first-order chi connectivity index (χ1) is 9.72. The number of amides is 1. The first-order valence-corrected chi connectivity index (χ1v) is 7.17. The number of aliphatic hydroxyl groups is 1. The number of aliphatic hydroxyl groups excluding tert-OH is 1. The van der Waals surface area contributed by atoms with Crippen LogP contribution in [0, 0.1) is 5.92 Å². The summed E-state index contributed by atoms with van der Waals surface area (Å²) in [6.07, 6.45) is 2.33. The van der Waals surface area contributed by atoms with Gasteiger partial charge in [0.05, 0.1) is 11.8 Å². The Morgan fingerprint density at radius 2 is 2.10 bits per heavy atom. The summed E-state index contributed by atoms with van der Waals surface area (Å²) in [5.41, 5.74) is 1.73. The van der Waals surface area contributed by atoms with Crippen molar-refractivity contribution in [2.45, 2.75) is 25.4 Å². The highest BCUT2D eigenvalue weighted by Gasteiger charge is 2.22. The molecule has 116 valence electrons. The summed E-state index contributed by atoms with van der Waals surface area (Å²) in [5.74, 6) is 0.927. The van der Waals surface area contributed by atoms with Crippen LogP contribution in [0.5, 0.6) is 5.75 Å². The molecular formula is C15H21ClN2O3. The third-order valence-corrected chi connectivity index (χ3v) is 4.05. The Bertz CT molecular complexity index is 504. The third kappa shape index (κ3) is 3.87. The van der Waals surface area contributed by atoms with Crippen molar-refractivity contribution in [1.82, 2.24) is 5.32 Å². The highest BCUT2D eigenvalue weighted by atomic mass is 35.5. The van der Waals surface area contributed by atoms with Gasteiger partial charge in [-0.05, 0) is 56.0 Å². The smallest absolute Gasteiger partial charge is 0.262 e. The molecule has 0 radical (unpaired) electrons. The van der Waals surface area contributed by atoms with Crippen LogP contribution >= 0.6 is 12.4 Å². The Labute approximate surface area is 130 Å². The molecule has 3 N–H and O–H groups in total. The van der Waals surface area contributed by atoms with Crippen LogP contribution in [0.4, 0.5) is 5.69 Å². The molecule has 1 atom stereocenters. The van der Waals surface area contributed by atoms with Gasteiger partial charge in [0.2, 0.25) is 0 Å². The summed E-state index contributed by atoms with van der Waals surface area (Å²) in [7, 11) is 0. The van der Waals surface area contributed by atoms with Crippen molar-refractivity contribution in [2.24, 2.45) is 5.92 Å². The molecule has 1 fully saturated rings. The lowest BCUT2D eigenvalue weighted by Gasteiger charge is -2.27. The highest BCUT2D eigenvalue weighted by Crippen LogP contribution is 2.29. The topological polar surface area (TPSA) is 70.6 Å². The summed E-state index contributed by atoms with van der Waals surface area (Å²) < 4.78 is 5.33. The second-order valence-corrected chi connectivity index (χ2v) is 5.53. The number of anilines is 1. The predicted molar refractivity (Wildman–Crippen MR) is 83.1 cm³/mol. The molecule has 2 aliphatic rings. The Balaban J connectivity index is 0.00000161. The van der Waals surface area contributed by atoms with E-state index in [1.165, 1.54) is 0 Å². The first kappa shape index (κ1) is 16.1. The van der Waals surface area contributed by atoms with Gasteiger partial charge >= 0.3 is 0 Å². The minimum atomic E-state index is -0.324. The van der Waals surface area contributed by atoms with Crippen molar-refractivity contribution < 1.29 is 14.6 Å². The lowest BCUT2D eigenvalue weighted by molar-refractivity contribution is -0.118. The van der Waals surface area contributed by atoms with E-state index in [9.17, 15) is 9.90 Å². The monoisotopic (exact) mass is 312 g/mol. The number of carbonyl (C=O) groups is 1. The number of rotatable bonds is 3. The van der Waals surface area contributed by atoms with Gasteiger partial charge in [0.1, 0.15) is 5.75 Å². The third-order valence-electron chi connectivity index (χ3n) is 4.05. The fraction of sp³-hybridized carbons (Fsp3) is 0.533. The maximum Gasteiger partial charge on any atom is 0.262 e. The van der Waals surface area contributed by atoms with E-state index in [2.05, 4.69) is 10.6 Å². The van der Waals surface area contributed by atoms with Crippen LogP contribution in [0.15, 0.2) is 18.2 Å². The number of hydrogen-bond donors (Lipinski definition) is 3. The Kier molecular flexibility index (Phi) is 5.45. The zero-order valence-electron chi connectivity index (χ0n) is 11.8. The van der Waals surface area contributed by atoms with Gasteiger partial charge in [-0.25, -0.2) is 0 Å². The minimum absolute atomic E-state index is 0. The first-order valence-electron chi connectivity index (χ1n) is 7.17. The molecule has 5 nitrogen and oxygen atoms in total. The van der Waals surface area contributed by atoms with Gasteiger partial charge in [-0.1, -0.05) is 6.07 Å². The molecule has 1 unspecified atom stereocenters. The highest BCUT2D eigenvalue weighted by molar-refractivity contribution is 5.95. The zero-order chi connectivity index (χ0) is 13.9. The van der Waals surface area contributed by atoms with Crippen LogP contribution in [0.1, 0.15) is 18.4 Å². The number of nitrogens with one attached hydrogen (secondary N) is 2. The lowest BCUT2D eigenvalue weighted by Crippen LogP contribution is -2.35. The van der Waals surface area contributed by atoms with Gasteiger partial charge in [-0.15, -0.1) is 12.4 Å². The summed E-state index contributed by atoms with van der Waals surface area (Å²) in [6.45, 7) is 2.04. The SMILES string of the molecule is Cl.O=C1COc2ccc(CC(O)C3CCNCC3)cc2N1. The summed E-state index contributed by atoms with van der Waals surface area (Å²) >= 11 is 0. The fourth-order valence-corrected chi connectivity index (χ4v) is 2.89. The number of ether oxygens (including phenoxy) is 1. The van der Waals surface area contributed by atoms with Crippen molar-refractivity contribution >= 4 is 24.0 Å². The van der Waals surface area contributed by atoms with E-state index < -0.39 is 0 Å². The molecule has 1 aromatic carbocycles. The van der Waals surface area contributed by atoms with Crippen LogP contribution < -0.4 is 15.4 Å². The molecule has 0 aliphatic carbocycles. The predicted octanol–water partition coefficient (Wildman–Crippen LogP) is 1.34. The molecule has 0 bridgehead atoms. The molecule has 3 rings (SSSR count). The second-order valence-electron chi connectivity index (χ2n) is 5.53. The van der Waals surface area contributed by atoms with Crippen molar-refractivity contribution in [3.05, 3.63) is 23.8 Å². The standard InChI is InChI=1S/C15H20N2O3.ClH/c18-13(11-3-5-16-6-4-11)8-10-1-2-14-12(7-10)17-15(19)9-20-14;/h1-2,7,11,13,16,18H,3-6,8-9H2,(H,17,19);1H. The molecule has 1 saturated heterocycles. The molecule has 2 heterocycles. The Morgan fingerprint density at radius 1 is 1.33 bits per heavy atom. The molecule has 1 amide bonds. The van der Waals surface area contributed by atoms with E-state index in [1.807, 2.05) is 18.2 Å². The van der Waals surface area contributed by atoms with Crippen molar-refractivity contribution in [1.29, 1.82) is 0 Å². The maximum absolute atomic E-state index is 11.3. The van der Waals surface area contributed by atoms with E-state index in [-0.39, 0.29) is 31.0 Å². The number of piperidine rings is 1. The normalized spacial score (nSPS) is 19.8. The van der Waals surface area contributed by atoms with Gasteiger partial charge in [0.25, 0.3) is 5.91 Å². The lowest BCUT2D eigenvalue weighted by atomic mass is 9.88. The Hall–Kier alpha value is -1.30. The quantitative estimate of drug-likeness (QED) is 0.788. The van der Waals surface area contributed by atoms with E-state index in [0.29, 0.717) is 23.8 Å². The van der Waals surface area contributed by atoms with Crippen molar-refractivity contribution in [3.8, 4) is 5.75 Å². The van der Waals surface area contributed by atoms with Crippen molar-refractivity contribution in [3.63, 3.8) is 0 Å². The molecule has 0 aromatic heterocycles. The molecule has 6 heteroatoms. The van der Waals surface area contributed by atoms with Gasteiger partial charge < -0.3 is 20.5 Å².